The minimum atomic E-state index is 0.932. The van der Waals surface area contributed by atoms with Crippen molar-refractivity contribution in [1.29, 1.82) is 0 Å². The van der Waals surface area contributed by atoms with Gasteiger partial charge in [0.2, 0.25) is 0 Å². The van der Waals surface area contributed by atoms with Crippen molar-refractivity contribution in [3.05, 3.63) is 41.5 Å². The largest absolute Gasteiger partial charge is 0.0804 e. The van der Waals surface area contributed by atoms with Gasteiger partial charge in [-0.2, -0.15) is 0 Å². The van der Waals surface area contributed by atoms with E-state index in [9.17, 15) is 0 Å². The Morgan fingerprint density at radius 1 is 0.889 bits per heavy atom. The molecule has 27 heavy (non-hydrogen) atoms. The summed E-state index contributed by atoms with van der Waals surface area (Å²) in [6.07, 6.45) is 21.7. The van der Waals surface area contributed by atoms with Crippen molar-refractivity contribution in [2.75, 3.05) is 0 Å². The Bertz CT molecular complexity index is 517. The topological polar surface area (TPSA) is 0 Å². The molecule has 1 aliphatic carbocycles. The molecule has 0 heterocycles. The summed E-state index contributed by atoms with van der Waals surface area (Å²) in [6.45, 7) is 6.99. The first-order valence-electron chi connectivity index (χ1n) is 12.0. The Morgan fingerprint density at radius 2 is 1.59 bits per heavy atom. The number of unbranched alkanes of at least 4 members (excludes halogenated alkanes) is 5. The molecule has 1 aliphatic rings. The van der Waals surface area contributed by atoms with E-state index in [0.29, 0.717) is 0 Å². The van der Waals surface area contributed by atoms with E-state index in [1.165, 1.54) is 101 Å². The first kappa shape index (κ1) is 22.3. The molecule has 1 aromatic carbocycles. The van der Waals surface area contributed by atoms with Crippen molar-refractivity contribution in [1.82, 2.24) is 0 Å². The van der Waals surface area contributed by atoms with E-state index in [4.69, 9.17) is 0 Å². The zero-order chi connectivity index (χ0) is 19.3. The monoisotopic (exact) mass is 368 g/mol. The van der Waals surface area contributed by atoms with Crippen LogP contribution in [0, 0.1) is 11.8 Å². The third kappa shape index (κ3) is 8.24. The average molecular weight is 369 g/mol. The van der Waals surface area contributed by atoms with Crippen LogP contribution in [0.3, 0.4) is 0 Å². The summed E-state index contributed by atoms with van der Waals surface area (Å²) >= 11 is 0. The van der Waals surface area contributed by atoms with Crippen LogP contribution in [0.2, 0.25) is 0 Å². The van der Waals surface area contributed by atoms with E-state index < -0.39 is 0 Å². The first-order valence-corrected chi connectivity index (χ1v) is 12.0. The summed E-state index contributed by atoms with van der Waals surface area (Å²) in [6, 6.07) is 9.51. The van der Waals surface area contributed by atoms with Crippen LogP contribution in [-0.4, -0.2) is 0 Å². The zero-order valence-electron chi connectivity index (χ0n) is 18.4. The van der Waals surface area contributed by atoms with Crippen LogP contribution in [0.1, 0.15) is 115 Å². The second kappa shape index (κ2) is 13.2. The highest BCUT2D eigenvalue weighted by Crippen LogP contribution is 2.33. The molecule has 0 amide bonds. The molecule has 0 bridgehead atoms. The van der Waals surface area contributed by atoms with Gasteiger partial charge in [-0.25, -0.2) is 0 Å². The molecular formula is C27H44. The quantitative estimate of drug-likeness (QED) is 0.305. The van der Waals surface area contributed by atoms with Crippen LogP contribution in [0.5, 0.6) is 0 Å². The summed E-state index contributed by atoms with van der Waals surface area (Å²) in [7, 11) is 0. The molecule has 0 radical (unpaired) electrons. The Hall–Kier alpha value is -1.04. The molecule has 2 rings (SSSR count). The normalized spacial score (nSPS) is 17.3. The second-order valence-corrected chi connectivity index (χ2v) is 8.84. The van der Waals surface area contributed by atoms with Gasteiger partial charge >= 0.3 is 0 Å². The number of hydrogen-bond donors (Lipinski definition) is 0. The maximum Gasteiger partial charge on any atom is -0.0228 e. The van der Waals surface area contributed by atoms with Crippen molar-refractivity contribution in [3.63, 3.8) is 0 Å². The predicted octanol–water partition coefficient (Wildman–Crippen LogP) is 8.99. The van der Waals surface area contributed by atoms with Gasteiger partial charge in [0, 0.05) is 0 Å². The molecule has 0 saturated heterocycles. The van der Waals surface area contributed by atoms with Crippen molar-refractivity contribution in [2.24, 2.45) is 11.8 Å². The third-order valence-corrected chi connectivity index (χ3v) is 6.80. The Morgan fingerprint density at radius 3 is 2.22 bits per heavy atom. The summed E-state index contributed by atoms with van der Waals surface area (Å²) < 4.78 is 0. The molecule has 0 N–H and O–H groups in total. The highest BCUT2D eigenvalue weighted by molar-refractivity contribution is 5.66. The lowest BCUT2D eigenvalue weighted by Crippen LogP contribution is -2.08. The number of rotatable bonds is 13. The SMILES string of the molecule is CCCCCCCCc1ccc(C2=CCC(CCC(CC)CC)CC2)cc1. The highest BCUT2D eigenvalue weighted by atomic mass is 14.2. The second-order valence-electron chi connectivity index (χ2n) is 8.84. The van der Waals surface area contributed by atoms with Gasteiger partial charge in [-0.1, -0.05) is 102 Å². The summed E-state index contributed by atoms with van der Waals surface area (Å²) in [5.74, 6) is 1.89. The van der Waals surface area contributed by atoms with Crippen LogP contribution in [0.25, 0.3) is 5.57 Å². The van der Waals surface area contributed by atoms with Crippen molar-refractivity contribution >= 4 is 5.57 Å². The molecule has 1 atom stereocenters. The predicted molar refractivity (Wildman–Crippen MR) is 122 cm³/mol. The van der Waals surface area contributed by atoms with Gasteiger partial charge in [0.15, 0.2) is 0 Å². The minimum Gasteiger partial charge on any atom is -0.0804 e. The van der Waals surface area contributed by atoms with Gasteiger partial charge in [-0.3, -0.25) is 0 Å². The lowest BCUT2D eigenvalue weighted by atomic mass is 9.82. The molecule has 152 valence electrons. The van der Waals surface area contributed by atoms with Crippen LogP contribution in [-0.2, 0) is 6.42 Å². The number of hydrogen-bond acceptors (Lipinski definition) is 0. The van der Waals surface area contributed by atoms with Crippen LogP contribution in [0.15, 0.2) is 30.3 Å². The molecular weight excluding hydrogens is 324 g/mol. The third-order valence-electron chi connectivity index (χ3n) is 6.80. The molecule has 0 aliphatic heterocycles. The van der Waals surface area contributed by atoms with E-state index in [-0.39, 0.29) is 0 Å². The van der Waals surface area contributed by atoms with Crippen molar-refractivity contribution in [3.8, 4) is 0 Å². The Kier molecular flexibility index (Phi) is 10.9. The molecule has 0 heteroatoms. The molecule has 0 fully saturated rings. The number of allylic oxidation sites excluding steroid dienone is 2. The minimum absolute atomic E-state index is 0.932. The van der Waals surface area contributed by atoms with Gasteiger partial charge in [0.1, 0.15) is 0 Å². The molecule has 0 saturated carbocycles. The summed E-state index contributed by atoms with van der Waals surface area (Å²) in [5, 5.41) is 0. The van der Waals surface area contributed by atoms with Crippen molar-refractivity contribution in [2.45, 2.75) is 111 Å². The fourth-order valence-electron chi connectivity index (χ4n) is 4.58. The van der Waals surface area contributed by atoms with E-state index in [1.54, 1.807) is 5.57 Å². The first-order chi connectivity index (χ1) is 13.3. The van der Waals surface area contributed by atoms with Crippen LogP contribution >= 0.6 is 0 Å². The lowest BCUT2D eigenvalue weighted by molar-refractivity contribution is 0.361. The molecule has 0 nitrogen and oxygen atoms in total. The molecule has 1 unspecified atom stereocenters. The van der Waals surface area contributed by atoms with Gasteiger partial charge in [-0.15, -0.1) is 0 Å². The Balaban J connectivity index is 1.72. The Labute approximate surface area is 169 Å². The zero-order valence-corrected chi connectivity index (χ0v) is 18.4. The van der Waals surface area contributed by atoms with E-state index in [0.717, 1.165) is 11.8 Å². The number of aryl methyl sites for hydroxylation is 1. The average Bonchev–Trinajstić information content (AvgIpc) is 2.72. The van der Waals surface area contributed by atoms with Crippen LogP contribution in [0.4, 0.5) is 0 Å². The van der Waals surface area contributed by atoms with Gasteiger partial charge in [0.25, 0.3) is 0 Å². The van der Waals surface area contributed by atoms with Crippen molar-refractivity contribution < 1.29 is 0 Å². The fourth-order valence-corrected chi connectivity index (χ4v) is 4.58. The maximum absolute atomic E-state index is 2.55. The van der Waals surface area contributed by atoms with E-state index >= 15 is 0 Å². The number of benzene rings is 1. The van der Waals surface area contributed by atoms with Gasteiger partial charge in [0.05, 0.1) is 0 Å². The highest BCUT2D eigenvalue weighted by Gasteiger charge is 2.16. The summed E-state index contributed by atoms with van der Waals surface area (Å²) in [5.41, 5.74) is 4.59. The van der Waals surface area contributed by atoms with E-state index in [2.05, 4.69) is 51.1 Å². The standard InChI is InChI=1S/C27H44/c1-4-7-8-9-10-11-12-24-15-19-26(20-16-24)27-21-17-25(18-22-27)14-13-23(5-2)6-3/h15-16,19-21,23,25H,4-14,17-18,22H2,1-3H3. The fraction of sp³-hybridized carbons (Fsp3) is 0.704. The maximum atomic E-state index is 2.55. The van der Waals surface area contributed by atoms with Crippen LogP contribution < -0.4 is 0 Å². The molecule has 0 spiro atoms. The van der Waals surface area contributed by atoms with Gasteiger partial charge < -0.3 is 0 Å². The molecule has 1 aromatic rings. The van der Waals surface area contributed by atoms with Gasteiger partial charge in [-0.05, 0) is 67.1 Å². The summed E-state index contributed by atoms with van der Waals surface area (Å²) in [4.78, 5) is 0. The van der Waals surface area contributed by atoms with E-state index in [1.807, 2.05) is 0 Å². The molecule has 0 aromatic heterocycles. The lowest BCUT2D eigenvalue weighted by Gasteiger charge is -2.24. The smallest absolute Gasteiger partial charge is 0.0228 e.